The minimum Gasteiger partial charge on any atom is -0.375 e. The maximum absolute atomic E-state index is 12.4. The van der Waals surface area contributed by atoms with Gasteiger partial charge in [0.05, 0.1) is 5.60 Å². The van der Waals surface area contributed by atoms with E-state index < -0.39 is 16.2 Å². The molecule has 2 aliphatic heterocycles. The predicted molar refractivity (Wildman–Crippen MR) is 86.2 cm³/mol. The van der Waals surface area contributed by atoms with Crippen molar-refractivity contribution in [1.29, 1.82) is 0 Å². The first-order valence-corrected chi connectivity index (χ1v) is 10.2. The first-order valence-electron chi connectivity index (χ1n) is 8.72. The van der Waals surface area contributed by atoms with Crippen LogP contribution >= 0.6 is 0 Å². The van der Waals surface area contributed by atoms with Crippen LogP contribution in [0.1, 0.15) is 57.8 Å². The number of carbonyl (C=O) groups is 1. The molecule has 2 amide bonds. The largest absolute Gasteiger partial charge is 0.375 e. The summed E-state index contributed by atoms with van der Waals surface area (Å²) in [4.78, 5) is 12.0. The number of carbonyl (C=O) groups excluding carboxylic acids is 1. The van der Waals surface area contributed by atoms with Crippen molar-refractivity contribution in [2.24, 2.45) is 0 Å². The van der Waals surface area contributed by atoms with Crippen molar-refractivity contribution in [2.75, 3.05) is 19.7 Å². The van der Waals surface area contributed by atoms with E-state index in [9.17, 15) is 13.2 Å². The van der Waals surface area contributed by atoms with Gasteiger partial charge < -0.3 is 10.1 Å². The minimum atomic E-state index is -3.76. The first kappa shape index (κ1) is 17.0. The first-order chi connectivity index (χ1) is 11.0. The molecule has 0 aromatic carbocycles. The molecule has 132 valence electrons. The maximum Gasteiger partial charge on any atom is 0.329 e. The number of nitrogens with one attached hydrogen (secondary N) is 2. The van der Waals surface area contributed by atoms with Crippen molar-refractivity contribution in [3.8, 4) is 0 Å². The van der Waals surface area contributed by atoms with E-state index in [2.05, 4.69) is 10.0 Å². The molecule has 2 heterocycles. The molecule has 2 N–H and O–H groups in total. The zero-order valence-corrected chi connectivity index (χ0v) is 14.4. The summed E-state index contributed by atoms with van der Waals surface area (Å²) < 4.78 is 34.0. The van der Waals surface area contributed by atoms with E-state index in [-0.39, 0.29) is 11.6 Å². The smallest absolute Gasteiger partial charge is 0.329 e. The maximum atomic E-state index is 12.4. The van der Waals surface area contributed by atoms with Crippen LogP contribution in [-0.2, 0) is 14.9 Å². The molecule has 0 bridgehead atoms. The fourth-order valence-corrected chi connectivity index (χ4v) is 5.01. The number of hydrogen-bond acceptors (Lipinski definition) is 4. The zero-order valence-electron chi connectivity index (χ0n) is 13.6. The van der Waals surface area contributed by atoms with Gasteiger partial charge in [-0.15, -0.1) is 0 Å². The average Bonchev–Trinajstić information content (AvgIpc) is 2.96. The van der Waals surface area contributed by atoms with Gasteiger partial charge in [0.15, 0.2) is 0 Å². The van der Waals surface area contributed by atoms with Crippen LogP contribution in [0.25, 0.3) is 0 Å². The molecule has 2 saturated heterocycles. The molecule has 23 heavy (non-hydrogen) atoms. The second kappa shape index (κ2) is 6.94. The van der Waals surface area contributed by atoms with Gasteiger partial charge in [0.25, 0.3) is 0 Å². The number of rotatable bonds is 3. The summed E-state index contributed by atoms with van der Waals surface area (Å²) >= 11 is 0. The van der Waals surface area contributed by atoms with E-state index in [1.807, 2.05) is 0 Å². The molecule has 7 nitrogen and oxygen atoms in total. The topological polar surface area (TPSA) is 87.7 Å². The van der Waals surface area contributed by atoms with Crippen molar-refractivity contribution in [1.82, 2.24) is 14.3 Å². The Morgan fingerprint density at radius 1 is 1.04 bits per heavy atom. The Morgan fingerprint density at radius 2 is 1.74 bits per heavy atom. The number of hydrogen-bond donors (Lipinski definition) is 2. The summed E-state index contributed by atoms with van der Waals surface area (Å²) in [5, 5.41) is 2.78. The van der Waals surface area contributed by atoms with Gasteiger partial charge in [-0.05, 0) is 38.5 Å². The van der Waals surface area contributed by atoms with Crippen LogP contribution in [0.3, 0.4) is 0 Å². The summed E-state index contributed by atoms with van der Waals surface area (Å²) in [6.45, 7) is 1.59. The third-order valence-electron chi connectivity index (χ3n) is 5.32. The number of piperidine rings is 1. The summed E-state index contributed by atoms with van der Waals surface area (Å²) in [7, 11) is -3.76. The van der Waals surface area contributed by atoms with E-state index in [0.717, 1.165) is 45.1 Å². The molecule has 3 fully saturated rings. The lowest BCUT2D eigenvalue weighted by Gasteiger charge is -2.37. The highest BCUT2D eigenvalue weighted by atomic mass is 32.2. The molecule has 8 heteroatoms. The quantitative estimate of drug-likeness (QED) is 0.811. The van der Waals surface area contributed by atoms with Gasteiger partial charge in [0.2, 0.25) is 0 Å². The van der Waals surface area contributed by atoms with Gasteiger partial charge in [-0.25, -0.2) is 9.52 Å². The number of amides is 2. The van der Waals surface area contributed by atoms with Gasteiger partial charge >= 0.3 is 16.2 Å². The molecule has 0 unspecified atom stereocenters. The van der Waals surface area contributed by atoms with Crippen LogP contribution in [0.2, 0.25) is 0 Å². The lowest BCUT2D eigenvalue weighted by atomic mass is 9.90. The van der Waals surface area contributed by atoms with Gasteiger partial charge in [0, 0.05) is 25.7 Å². The lowest BCUT2D eigenvalue weighted by Crippen LogP contribution is -2.53. The van der Waals surface area contributed by atoms with Crippen LogP contribution in [0.15, 0.2) is 0 Å². The van der Waals surface area contributed by atoms with E-state index in [4.69, 9.17) is 4.74 Å². The molecule has 0 atom stereocenters. The highest BCUT2D eigenvalue weighted by molar-refractivity contribution is 7.87. The van der Waals surface area contributed by atoms with Gasteiger partial charge in [-0.2, -0.15) is 12.7 Å². The van der Waals surface area contributed by atoms with E-state index in [1.165, 1.54) is 10.7 Å². The molecule has 1 saturated carbocycles. The minimum absolute atomic E-state index is 0.0930. The normalized spacial score (nSPS) is 26.3. The second-order valence-corrected chi connectivity index (χ2v) is 8.62. The molecular weight excluding hydrogens is 318 g/mol. The van der Waals surface area contributed by atoms with Crippen molar-refractivity contribution in [2.45, 2.75) is 69.4 Å². The number of urea groups is 1. The van der Waals surface area contributed by atoms with E-state index in [1.54, 1.807) is 0 Å². The summed E-state index contributed by atoms with van der Waals surface area (Å²) in [5.41, 5.74) is -0.129. The Kier molecular flexibility index (Phi) is 5.13. The number of ether oxygens (including phenoxy) is 1. The van der Waals surface area contributed by atoms with Gasteiger partial charge in [-0.3, -0.25) is 0 Å². The van der Waals surface area contributed by atoms with Crippen molar-refractivity contribution in [3.63, 3.8) is 0 Å². The summed E-state index contributed by atoms with van der Waals surface area (Å²) in [6.07, 6.45) is 8.70. The molecule has 3 rings (SSSR count). The van der Waals surface area contributed by atoms with Crippen molar-refractivity contribution >= 4 is 16.2 Å². The molecule has 1 aliphatic carbocycles. The zero-order chi connectivity index (χ0) is 16.3. The van der Waals surface area contributed by atoms with Crippen LogP contribution in [0, 0.1) is 0 Å². The van der Waals surface area contributed by atoms with Gasteiger partial charge in [0.1, 0.15) is 0 Å². The van der Waals surface area contributed by atoms with Crippen molar-refractivity contribution in [3.05, 3.63) is 0 Å². The standard InChI is InChI=1S/C15H27N3O4S/c19-14(16-13-5-2-1-3-6-13)17-23(20,21)18-10-8-15(9-11-18)7-4-12-22-15/h13H,1-12H2,(H2,16,17,19). The van der Waals surface area contributed by atoms with Gasteiger partial charge in [-0.1, -0.05) is 19.3 Å². The van der Waals surface area contributed by atoms with Crippen LogP contribution in [-0.4, -0.2) is 50.1 Å². The van der Waals surface area contributed by atoms with E-state index in [0.29, 0.717) is 25.9 Å². The van der Waals surface area contributed by atoms with Crippen molar-refractivity contribution < 1.29 is 17.9 Å². The Labute approximate surface area is 138 Å². The van der Waals surface area contributed by atoms with Crippen LogP contribution in [0.4, 0.5) is 4.79 Å². The second-order valence-electron chi connectivity index (χ2n) is 6.95. The average molecular weight is 345 g/mol. The SMILES string of the molecule is O=C(NC1CCCCC1)NS(=O)(=O)N1CCC2(CCCO2)CC1. The Balaban J connectivity index is 1.49. The molecule has 3 aliphatic rings. The Morgan fingerprint density at radius 3 is 2.35 bits per heavy atom. The lowest BCUT2D eigenvalue weighted by molar-refractivity contribution is -0.0310. The summed E-state index contributed by atoms with van der Waals surface area (Å²) in [6, 6.07) is -0.509. The highest BCUT2D eigenvalue weighted by Gasteiger charge is 2.41. The number of nitrogens with zero attached hydrogens (tertiary/aromatic N) is 1. The fourth-order valence-electron chi connectivity index (χ4n) is 3.93. The Hall–Kier alpha value is -0.860. The fraction of sp³-hybridized carbons (Fsp3) is 0.933. The molecule has 0 radical (unpaired) electrons. The molecular formula is C15H27N3O4S. The third kappa shape index (κ3) is 4.16. The third-order valence-corrected chi connectivity index (χ3v) is 6.81. The molecule has 1 spiro atoms. The highest BCUT2D eigenvalue weighted by Crippen LogP contribution is 2.36. The van der Waals surface area contributed by atoms with Crippen LogP contribution in [0.5, 0.6) is 0 Å². The predicted octanol–water partition coefficient (Wildman–Crippen LogP) is 1.51. The van der Waals surface area contributed by atoms with Crippen LogP contribution < -0.4 is 10.0 Å². The van der Waals surface area contributed by atoms with E-state index >= 15 is 0 Å². The summed E-state index contributed by atoms with van der Waals surface area (Å²) in [5.74, 6) is 0. The molecule has 0 aromatic heterocycles. The Bertz CT molecular complexity index is 515. The molecule has 0 aromatic rings. The monoisotopic (exact) mass is 345 g/mol.